The third kappa shape index (κ3) is 3.66. The highest BCUT2D eigenvalue weighted by molar-refractivity contribution is 6.24. The van der Waals surface area contributed by atoms with Crippen molar-refractivity contribution in [2.75, 3.05) is 12.0 Å². The van der Waals surface area contributed by atoms with Gasteiger partial charge < -0.3 is 9.84 Å². The average molecular weight is 474 g/mol. The molecule has 2 N–H and O–H groups in total. The lowest BCUT2D eigenvalue weighted by atomic mass is 9.76. The topological polar surface area (TPSA) is 95.9 Å². The number of carboxylic acids is 1. The summed E-state index contributed by atoms with van der Waals surface area (Å²) in [5.41, 5.74) is -0.175. The number of imide groups is 1. The molecule has 2 aliphatic rings. The van der Waals surface area contributed by atoms with E-state index in [1.165, 1.54) is 19.2 Å². The number of anilines is 1. The summed E-state index contributed by atoms with van der Waals surface area (Å²) < 4.78 is 18.9. The number of benzene rings is 3. The molecule has 35 heavy (non-hydrogen) atoms. The number of fused-ring (bicyclic) bond motifs is 1. The van der Waals surface area contributed by atoms with E-state index in [-0.39, 0.29) is 12.1 Å². The molecular formula is C27H23FN2O5. The number of nitrogens with one attached hydrogen (secondary N) is 1. The lowest BCUT2D eigenvalue weighted by Gasteiger charge is -2.31. The molecule has 2 amide bonds. The van der Waals surface area contributed by atoms with E-state index in [1.54, 1.807) is 48.5 Å². The van der Waals surface area contributed by atoms with Crippen molar-refractivity contribution in [3.63, 3.8) is 0 Å². The van der Waals surface area contributed by atoms with Crippen LogP contribution in [0.5, 0.6) is 5.75 Å². The van der Waals surface area contributed by atoms with E-state index in [0.717, 1.165) is 17.0 Å². The first-order valence-electron chi connectivity index (χ1n) is 11.2. The zero-order valence-corrected chi connectivity index (χ0v) is 18.9. The van der Waals surface area contributed by atoms with Crippen molar-refractivity contribution >= 4 is 23.5 Å². The largest absolute Gasteiger partial charge is 0.497 e. The van der Waals surface area contributed by atoms with Crippen LogP contribution in [0.3, 0.4) is 0 Å². The van der Waals surface area contributed by atoms with Crippen LogP contribution < -0.4 is 15.0 Å². The molecule has 0 saturated carbocycles. The van der Waals surface area contributed by atoms with Crippen LogP contribution in [0, 0.1) is 17.7 Å². The Morgan fingerprint density at radius 1 is 1.03 bits per heavy atom. The highest BCUT2D eigenvalue weighted by Crippen LogP contribution is 2.51. The number of ether oxygens (including phenoxy) is 1. The van der Waals surface area contributed by atoms with Crippen molar-refractivity contribution < 1.29 is 28.6 Å². The molecule has 2 heterocycles. The second kappa shape index (κ2) is 8.63. The number of carbonyl (C=O) groups excluding carboxylic acids is 2. The van der Waals surface area contributed by atoms with Gasteiger partial charge in [-0.2, -0.15) is 0 Å². The fourth-order valence-electron chi connectivity index (χ4n) is 5.32. The van der Waals surface area contributed by atoms with Crippen LogP contribution in [-0.4, -0.2) is 35.5 Å². The second-order valence-corrected chi connectivity index (χ2v) is 8.83. The van der Waals surface area contributed by atoms with Gasteiger partial charge in [-0.3, -0.25) is 19.7 Å². The summed E-state index contributed by atoms with van der Waals surface area (Å²) >= 11 is 0. The molecule has 0 spiro atoms. The maximum Gasteiger partial charge on any atom is 0.325 e. The molecule has 4 atom stereocenters. The predicted molar refractivity (Wildman–Crippen MR) is 125 cm³/mol. The molecule has 2 saturated heterocycles. The SMILES string of the molecule is COc1cccc(C2NC(Cc3ccccc3)(C(=O)O)C3C(=O)N(c4ccc(F)cc4)C(=O)C23)c1. The van der Waals surface area contributed by atoms with Crippen LogP contribution in [0.4, 0.5) is 10.1 Å². The van der Waals surface area contributed by atoms with E-state index >= 15 is 0 Å². The normalized spacial score (nSPS) is 25.5. The molecule has 0 aromatic heterocycles. The van der Waals surface area contributed by atoms with Gasteiger partial charge in [0.15, 0.2) is 0 Å². The van der Waals surface area contributed by atoms with Crippen molar-refractivity contribution in [3.8, 4) is 5.75 Å². The van der Waals surface area contributed by atoms with E-state index in [1.807, 2.05) is 6.07 Å². The lowest BCUT2D eigenvalue weighted by molar-refractivity contribution is -0.148. The molecule has 2 aliphatic heterocycles. The minimum absolute atomic E-state index is 0.00108. The molecule has 8 heteroatoms. The van der Waals surface area contributed by atoms with Gasteiger partial charge in [-0.25, -0.2) is 9.29 Å². The molecule has 2 fully saturated rings. The Balaban J connectivity index is 1.66. The highest BCUT2D eigenvalue weighted by Gasteiger charge is 2.68. The van der Waals surface area contributed by atoms with E-state index in [0.29, 0.717) is 16.9 Å². The molecule has 5 rings (SSSR count). The summed E-state index contributed by atoms with van der Waals surface area (Å²) in [7, 11) is 1.52. The first kappa shape index (κ1) is 22.7. The van der Waals surface area contributed by atoms with E-state index < -0.39 is 47.0 Å². The molecule has 0 radical (unpaired) electrons. The quantitative estimate of drug-likeness (QED) is 0.532. The first-order chi connectivity index (χ1) is 16.9. The Morgan fingerprint density at radius 2 is 1.74 bits per heavy atom. The molecule has 3 aromatic rings. The zero-order valence-electron chi connectivity index (χ0n) is 18.9. The van der Waals surface area contributed by atoms with E-state index in [2.05, 4.69) is 5.32 Å². The van der Waals surface area contributed by atoms with E-state index in [9.17, 15) is 23.9 Å². The first-order valence-corrected chi connectivity index (χ1v) is 11.2. The number of hydrogen-bond acceptors (Lipinski definition) is 5. The summed E-state index contributed by atoms with van der Waals surface area (Å²) in [6.07, 6.45) is 0.00108. The number of carbonyl (C=O) groups is 3. The number of methoxy groups -OCH3 is 1. The Morgan fingerprint density at radius 3 is 2.40 bits per heavy atom. The van der Waals surface area contributed by atoms with Gasteiger partial charge in [-0.15, -0.1) is 0 Å². The zero-order chi connectivity index (χ0) is 24.7. The van der Waals surface area contributed by atoms with Crippen LogP contribution in [0.1, 0.15) is 17.2 Å². The van der Waals surface area contributed by atoms with E-state index in [4.69, 9.17) is 4.74 Å². The number of aliphatic carboxylic acids is 1. The van der Waals surface area contributed by atoms with Gasteiger partial charge in [0.05, 0.1) is 24.6 Å². The fraction of sp³-hybridized carbons (Fsp3) is 0.222. The molecule has 3 aromatic carbocycles. The summed E-state index contributed by atoms with van der Waals surface area (Å²) in [5.74, 6) is -4.47. The van der Waals surface area contributed by atoms with Crippen molar-refractivity contribution in [2.45, 2.75) is 18.0 Å². The van der Waals surface area contributed by atoms with Gasteiger partial charge in [0.1, 0.15) is 17.1 Å². The highest BCUT2D eigenvalue weighted by atomic mass is 19.1. The summed E-state index contributed by atoms with van der Waals surface area (Å²) in [6, 6.07) is 20.3. The van der Waals surface area contributed by atoms with Crippen LogP contribution in [0.15, 0.2) is 78.9 Å². The van der Waals surface area contributed by atoms with Crippen LogP contribution in [0.25, 0.3) is 0 Å². The Hall–Kier alpha value is -4.04. The van der Waals surface area contributed by atoms with Crippen molar-refractivity contribution in [1.29, 1.82) is 0 Å². The van der Waals surface area contributed by atoms with Crippen LogP contribution in [-0.2, 0) is 20.8 Å². The van der Waals surface area contributed by atoms with Crippen LogP contribution in [0.2, 0.25) is 0 Å². The number of nitrogens with zero attached hydrogens (tertiary/aromatic N) is 1. The van der Waals surface area contributed by atoms with Crippen LogP contribution >= 0.6 is 0 Å². The van der Waals surface area contributed by atoms with Crippen molar-refractivity contribution in [2.24, 2.45) is 11.8 Å². The number of amides is 2. The van der Waals surface area contributed by atoms with Gasteiger partial charge in [0, 0.05) is 12.5 Å². The second-order valence-electron chi connectivity index (χ2n) is 8.83. The Labute approximate surface area is 201 Å². The Kier molecular flexibility index (Phi) is 5.61. The van der Waals surface area contributed by atoms with Gasteiger partial charge in [-0.1, -0.05) is 42.5 Å². The van der Waals surface area contributed by atoms with Gasteiger partial charge in [-0.05, 0) is 47.5 Å². The molecule has 7 nitrogen and oxygen atoms in total. The number of carboxylic acid groups (broad SMARTS) is 1. The minimum atomic E-state index is -1.73. The van der Waals surface area contributed by atoms with Crippen molar-refractivity contribution in [3.05, 3.63) is 95.8 Å². The maximum atomic E-state index is 13.8. The summed E-state index contributed by atoms with van der Waals surface area (Å²) in [6.45, 7) is 0. The monoisotopic (exact) mass is 474 g/mol. The third-order valence-corrected chi connectivity index (χ3v) is 6.90. The average Bonchev–Trinajstić information content (AvgIpc) is 3.34. The summed E-state index contributed by atoms with van der Waals surface area (Å²) in [5, 5.41) is 13.7. The van der Waals surface area contributed by atoms with Gasteiger partial charge in [0.2, 0.25) is 11.8 Å². The minimum Gasteiger partial charge on any atom is -0.497 e. The summed E-state index contributed by atoms with van der Waals surface area (Å²) in [4.78, 5) is 41.4. The lowest BCUT2D eigenvalue weighted by Crippen LogP contribution is -2.57. The van der Waals surface area contributed by atoms with Crippen molar-refractivity contribution in [1.82, 2.24) is 5.32 Å². The standard InChI is InChI=1S/C27H23FN2O5/c1-35-20-9-5-8-17(14-20)23-21-22(25(32)30(24(21)31)19-12-10-18(28)11-13-19)27(29-23,26(33)34)15-16-6-3-2-4-7-16/h2-14,21-23,29H,15H2,1H3,(H,33,34). The molecule has 4 unspecified atom stereocenters. The Bertz CT molecular complexity index is 1300. The maximum absolute atomic E-state index is 13.8. The smallest absolute Gasteiger partial charge is 0.325 e. The van der Waals surface area contributed by atoms with Gasteiger partial charge >= 0.3 is 5.97 Å². The third-order valence-electron chi connectivity index (χ3n) is 6.90. The molecular weight excluding hydrogens is 451 g/mol. The number of rotatable bonds is 6. The molecule has 0 aliphatic carbocycles. The number of halogens is 1. The molecule has 0 bridgehead atoms. The van der Waals surface area contributed by atoms with Gasteiger partial charge in [0.25, 0.3) is 0 Å². The fourth-order valence-corrected chi connectivity index (χ4v) is 5.32. The number of hydrogen-bond donors (Lipinski definition) is 2. The molecule has 178 valence electrons. The predicted octanol–water partition coefficient (Wildman–Crippen LogP) is 3.35.